The molecule has 0 nitrogen and oxygen atoms in total. The molecule has 0 amide bonds. The normalized spacial score (nSPS) is 10.0. The first-order chi connectivity index (χ1) is 5.34. The Morgan fingerprint density at radius 3 is 3.00 bits per heavy atom. The molecule has 1 aromatic rings. The van der Waals surface area contributed by atoms with Crippen molar-refractivity contribution >= 4 is 11.6 Å². The van der Waals surface area contributed by atoms with Crippen LogP contribution in [-0.2, 0) is 6.42 Å². The maximum atomic E-state index is 12.8. The predicted octanol–water partition coefficient (Wildman–Crippen LogP) is 2.80. The van der Waals surface area contributed by atoms with E-state index in [0.29, 0.717) is 17.9 Å². The zero-order chi connectivity index (χ0) is 8.10. The van der Waals surface area contributed by atoms with Crippen LogP contribution < -0.4 is 0 Å². The molecule has 0 heterocycles. The SMILES string of the molecule is Fc1cc[c]cc1CCCCl. The van der Waals surface area contributed by atoms with Crippen LogP contribution in [-0.4, -0.2) is 5.88 Å². The molecule has 11 heavy (non-hydrogen) atoms. The lowest BCUT2D eigenvalue weighted by atomic mass is 10.1. The van der Waals surface area contributed by atoms with Crippen LogP contribution in [0.2, 0.25) is 0 Å². The van der Waals surface area contributed by atoms with E-state index in [4.69, 9.17) is 11.6 Å². The van der Waals surface area contributed by atoms with Gasteiger partial charge >= 0.3 is 0 Å². The maximum absolute atomic E-state index is 12.8. The Bertz CT molecular complexity index is 223. The molecule has 59 valence electrons. The Balaban J connectivity index is 2.62. The van der Waals surface area contributed by atoms with Gasteiger partial charge in [-0.2, -0.15) is 0 Å². The van der Waals surface area contributed by atoms with Crippen molar-refractivity contribution in [2.75, 3.05) is 5.88 Å². The van der Waals surface area contributed by atoms with Crippen molar-refractivity contribution in [3.05, 3.63) is 35.6 Å². The first-order valence-electron chi connectivity index (χ1n) is 3.55. The van der Waals surface area contributed by atoms with Gasteiger partial charge < -0.3 is 0 Å². The zero-order valence-electron chi connectivity index (χ0n) is 6.11. The molecule has 2 heteroatoms. The van der Waals surface area contributed by atoms with Gasteiger partial charge in [0.15, 0.2) is 0 Å². The van der Waals surface area contributed by atoms with Crippen molar-refractivity contribution in [1.82, 2.24) is 0 Å². The van der Waals surface area contributed by atoms with E-state index in [0.717, 1.165) is 6.42 Å². The Kier molecular flexibility index (Phi) is 3.37. The second kappa shape index (κ2) is 4.35. The molecule has 0 aliphatic rings. The Hall–Kier alpha value is -0.560. The lowest BCUT2D eigenvalue weighted by Crippen LogP contribution is -1.90. The fourth-order valence-electron chi connectivity index (χ4n) is 0.895. The van der Waals surface area contributed by atoms with Crippen molar-refractivity contribution in [3.8, 4) is 0 Å². The topological polar surface area (TPSA) is 0 Å². The number of alkyl halides is 1. The monoisotopic (exact) mass is 171 g/mol. The van der Waals surface area contributed by atoms with Gasteiger partial charge in [0, 0.05) is 5.88 Å². The largest absolute Gasteiger partial charge is 0.207 e. The molecule has 0 aliphatic carbocycles. The molecule has 0 aromatic heterocycles. The highest BCUT2D eigenvalue weighted by Gasteiger charge is 1.98. The summed E-state index contributed by atoms with van der Waals surface area (Å²) in [6, 6.07) is 7.49. The van der Waals surface area contributed by atoms with E-state index in [2.05, 4.69) is 6.07 Å². The van der Waals surface area contributed by atoms with Crippen LogP contribution in [0.3, 0.4) is 0 Å². The molecule has 1 rings (SSSR count). The average molecular weight is 172 g/mol. The molecule has 0 bridgehead atoms. The number of halogens is 2. The maximum Gasteiger partial charge on any atom is 0.126 e. The van der Waals surface area contributed by atoms with Gasteiger partial charge in [0.2, 0.25) is 0 Å². The summed E-state index contributed by atoms with van der Waals surface area (Å²) in [6.45, 7) is 0. The van der Waals surface area contributed by atoms with E-state index >= 15 is 0 Å². The minimum atomic E-state index is -0.158. The van der Waals surface area contributed by atoms with Crippen molar-refractivity contribution in [2.24, 2.45) is 0 Å². The third-order valence-electron chi connectivity index (χ3n) is 1.47. The highest BCUT2D eigenvalue weighted by Crippen LogP contribution is 2.08. The van der Waals surface area contributed by atoms with Gasteiger partial charge in [0.25, 0.3) is 0 Å². The first kappa shape index (κ1) is 8.54. The van der Waals surface area contributed by atoms with Gasteiger partial charge in [-0.05, 0) is 36.6 Å². The van der Waals surface area contributed by atoms with Gasteiger partial charge in [0.05, 0.1) is 0 Å². The minimum Gasteiger partial charge on any atom is -0.207 e. The summed E-state index contributed by atoms with van der Waals surface area (Å²) >= 11 is 5.47. The third kappa shape index (κ3) is 2.51. The van der Waals surface area contributed by atoms with E-state index in [1.165, 1.54) is 6.07 Å². The van der Waals surface area contributed by atoms with E-state index in [9.17, 15) is 4.39 Å². The quantitative estimate of drug-likeness (QED) is 0.614. The van der Waals surface area contributed by atoms with Gasteiger partial charge in [-0.3, -0.25) is 0 Å². The molecule has 0 unspecified atom stereocenters. The molecule has 1 aromatic carbocycles. The summed E-state index contributed by atoms with van der Waals surface area (Å²) in [5.41, 5.74) is 0.702. The Labute approximate surface area is 71.0 Å². The smallest absolute Gasteiger partial charge is 0.126 e. The lowest BCUT2D eigenvalue weighted by molar-refractivity contribution is 0.607. The number of hydrogen-bond donors (Lipinski definition) is 0. The van der Waals surface area contributed by atoms with Crippen molar-refractivity contribution in [2.45, 2.75) is 12.8 Å². The molecule has 1 radical (unpaired) electrons. The fraction of sp³-hybridized carbons (Fsp3) is 0.333. The summed E-state index contributed by atoms with van der Waals surface area (Å²) in [7, 11) is 0. The predicted molar refractivity (Wildman–Crippen MR) is 44.3 cm³/mol. The van der Waals surface area contributed by atoms with Crippen LogP contribution in [0.25, 0.3) is 0 Å². The first-order valence-corrected chi connectivity index (χ1v) is 4.08. The number of benzene rings is 1. The molecule has 0 fully saturated rings. The van der Waals surface area contributed by atoms with Crippen LogP contribution in [0, 0.1) is 11.9 Å². The summed E-state index contributed by atoms with van der Waals surface area (Å²) in [5, 5.41) is 0. The number of hydrogen-bond acceptors (Lipinski definition) is 0. The third-order valence-corrected chi connectivity index (χ3v) is 1.74. The average Bonchev–Trinajstić information content (AvgIpc) is 2.03. The lowest BCUT2D eigenvalue weighted by Gasteiger charge is -1.98. The summed E-state index contributed by atoms with van der Waals surface area (Å²) in [5.74, 6) is 0.419. The second-order valence-electron chi connectivity index (χ2n) is 2.31. The highest BCUT2D eigenvalue weighted by atomic mass is 35.5. The standard InChI is InChI=1S/C9H9ClF/c10-7-3-5-8-4-1-2-6-9(8)11/h2,4,6H,3,5,7H2. The van der Waals surface area contributed by atoms with Gasteiger partial charge in [0.1, 0.15) is 5.82 Å². The number of rotatable bonds is 3. The zero-order valence-corrected chi connectivity index (χ0v) is 6.87. The highest BCUT2D eigenvalue weighted by molar-refractivity contribution is 6.17. The van der Waals surface area contributed by atoms with Crippen LogP contribution in [0.1, 0.15) is 12.0 Å². The number of aryl methyl sites for hydroxylation is 1. The van der Waals surface area contributed by atoms with Crippen molar-refractivity contribution in [1.29, 1.82) is 0 Å². The van der Waals surface area contributed by atoms with E-state index in [1.54, 1.807) is 12.1 Å². The molecular formula is C9H9ClF. The van der Waals surface area contributed by atoms with E-state index in [1.807, 2.05) is 0 Å². The van der Waals surface area contributed by atoms with E-state index < -0.39 is 0 Å². The van der Waals surface area contributed by atoms with Crippen molar-refractivity contribution in [3.63, 3.8) is 0 Å². The molecular weight excluding hydrogens is 163 g/mol. The van der Waals surface area contributed by atoms with Gasteiger partial charge in [-0.15, -0.1) is 11.6 Å². The molecule has 0 atom stereocenters. The summed E-state index contributed by atoms with van der Waals surface area (Å²) in [4.78, 5) is 0. The van der Waals surface area contributed by atoms with Crippen LogP contribution in [0.5, 0.6) is 0 Å². The fourth-order valence-corrected chi connectivity index (χ4v) is 1.03. The molecule has 0 saturated heterocycles. The van der Waals surface area contributed by atoms with Crippen LogP contribution in [0.4, 0.5) is 4.39 Å². The van der Waals surface area contributed by atoms with Gasteiger partial charge in [-0.25, -0.2) is 4.39 Å². The van der Waals surface area contributed by atoms with Crippen molar-refractivity contribution < 1.29 is 4.39 Å². The van der Waals surface area contributed by atoms with Crippen LogP contribution >= 0.6 is 11.6 Å². The molecule has 0 saturated carbocycles. The molecule has 0 spiro atoms. The summed E-state index contributed by atoms with van der Waals surface area (Å²) < 4.78 is 12.8. The Morgan fingerprint density at radius 1 is 1.55 bits per heavy atom. The summed E-state index contributed by atoms with van der Waals surface area (Å²) in [6.07, 6.45) is 1.52. The van der Waals surface area contributed by atoms with Gasteiger partial charge in [-0.1, -0.05) is 6.07 Å². The Morgan fingerprint density at radius 2 is 2.36 bits per heavy atom. The second-order valence-corrected chi connectivity index (χ2v) is 2.69. The minimum absolute atomic E-state index is 0.158. The molecule has 0 aliphatic heterocycles. The molecule has 0 N–H and O–H groups in total. The van der Waals surface area contributed by atoms with E-state index in [-0.39, 0.29) is 5.82 Å². The van der Waals surface area contributed by atoms with Crippen LogP contribution in [0.15, 0.2) is 18.2 Å².